The van der Waals surface area contributed by atoms with Crippen molar-refractivity contribution < 1.29 is 80.2 Å². The summed E-state index contributed by atoms with van der Waals surface area (Å²) in [5.74, 6) is 0.446. The highest BCUT2D eigenvalue weighted by Gasteiger charge is 2.31. The first-order valence-electron chi connectivity index (χ1n) is 46.9. The third-order valence-electron chi connectivity index (χ3n) is 22.1. The lowest BCUT2D eigenvalue weighted by atomic mass is 9.99. The third kappa shape index (κ3) is 81.2. The SMILES string of the molecule is CCCCCCCCCCC(=O)OC[C@H](COP(=O)(O)OC[C@H](O)COP(=O)(O)OC[C@@H](COC(=O)CCCCCCCCCCCCCCCCCCCCC(C)CC)OC(=O)CCCCCCCCCCCCCCCCCCCCC(C)CC)OC(=O)CCCCCCCCCCCCCCCCCC(C)C. The zero-order chi connectivity index (χ0) is 80.8. The van der Waals surface area contributed by atoms with Crippen LogP contribution in [0.15, 0.2) is 0 Å². The van der Waals surface area contributed by atoms with Crippen LogP contribution in [0.5, 0.6) is 0 Å². The minimum Gasteiger partial charge on any atom is -0.462 e. The van der Waals surface area contributed by atoms with Gasteiger partial charge in [-0.3, -0.25) is 37.3 Å². The molecule has 3 N–H and O–H groups in total. The number of phosphoric acid groups is 2. The molecule has 0 radical (unpaired) electrons. The molecule has 19 heteroatoms. The van der Waals surface area contributed by atoms with Gasteiger partial charge in [-0.1, -0.05) is 434 Å². The van der Waals surface area contributed by atoms with Crippen LogP contribution in [0.25, 0.3) is 0 Å². The molecule has 0 saturated carbocycles. The second-order valence-corrected chi connectivity index (χ2v) is 36.6. The lowest BCUT2D eigenvalue weighted by molar-refractivity contribution is -0.161. The van der Waals surface area contributed by atoms with E-state index in [1.54, 1.807) is 0 Å². The van der Waals surface area contributed by atoms with E-state index in [-0.39, 0.29) is 25.7 Å². The molecule has 0 saturated heterocycles. The lowest BCUT2D eigenvalue weighted by Crippen LogP contribution is -2.30. The molecule has 0 heterocycles. The molecule has 0 aliphatic heterocycles. The number of ether oxygens (including phenoxy) is 4. The summed E-state index contributed by atoms with van der Waals surface area (Å²) in [6.45, 7) is 12.1. The lowest BCUT2D eigenvalue weighted by Gasteiger charge is -2.21. The van der Waals surface area contributed by atoms with Crippen molar-refractivity contribution in [2.45, 2.75) is 503 Å². The normalized spacial score (nSPS) is 14.3. The highest BCUT2D eigenvalue weighted by molar-refractivity contribution is 7.47. The fraction of sp³-hybridized carbons (Fsp3) is 0.956. The first-order valence-corrected chi connectivity index (χ1v) is 49.9. The zero-order valence-electron chi connectivity index (χ0n) is 72.7. The highest BCUT2D eigenvalue weighted by Crippen LogP contribution is 2.45. The highest BCUT2D eigenvalue weighted by atomic mass is 31.2. The van der Waals surface area contributed by atoms with Gasteiger partial charge in [0.15, 0.2) is 12.2 Å². The Labute approximate surface area is 677 Å². The Morgan fingerprint density at radius 2 is 0.464 bits per heavy atom. The fourth-order valence-corrected chi connectivity index (χ4v) is 15.8. The van der Waals surface area contributed by atoms with Gasteiger partial charge in [-0.15, -0.1) is 0 Å². The smallest absolute Gasteiger partial charge is 0.462 e. The van der Waals surface area contributed by atoms with Crippen molar-refractivity contribution in [3.63, 3.8) is 0 Å². The van der Waals surface area contributed by atoms with Crippen LogP contribution in [0.4, 0.5) is 0 Å². The first-order chi connectivity index (χ1) is 53.3. The Morgan fingerprint density at radius 3 is 0.691 bits per heavy atom. The summed E-state index contributed by atoms with van der Waals surface area (Å²) in [5, 5.41) is 10.7. The number of esters is 4. The van der Waals surface area contributed by atoms with Crippen LogP contribution in [0, 0.1) is 17.8 Å². The van der Waals surface area contributed by atoms with Gasteiger partial charge in [0.1, 0.15) is 19.3 Å². The van der Waals surface area contributed by atoms with Crippen molar-refractivity contribution in [2.24, 2.45) is 17.8 Å². The second-order valence-electron chi connectivity index (χ2n) is 33.7. The van der Waals surface area contributed by atoms with E-state index in [4.69, 9.17) is 37.0 Å². The molecule has 0 fully saturated rings. The van der Waals surface area contributed by atoms with Gasteiger partial charge in [0.05, 0.1) is 26.4 Å². The topological polar surface area (TPSA) is 237 Å². The Kier molecular flexibility index (Phi) is 79.4. The van der Waals surface area contributed by atoms with Crippen LogP contribution in [0.1, 0.15) is 485 Å². The van der Waals surface area contributed by atoms with E-state index in [9.17, 15) is 43.2 Å². The summed E-state index contributed by atoms with van der Waals surface area (Å²) in [4.78, 5) is 73.3. The zero-order valence-corrected chi connectivity index (χ0v) is 74.5. The third-order valence-corrected chi connectivity index (χ3v) is 24.0. The maximum atomic E-state index is 13.2. The van der Waals surface area contributed by atoms with Crippen LogP contribution in [0.2, 0.25) is 0 Å². The molecule has 0 amide bonds. The molecular weight excluding hydrogens is 1430 g/mol. The Morgan fingerprint density at radius 1 is 0.264 bits per heavy atom. The molecule has 0 aromatic carbocycles. The van der Waals surface area contributed by atoms with Gasteiger partial charge < -0.3 is 33.8 Å². The molecule has 654 valence electrons. The van der Waals surface area contributed by atoms with E-state index >= 15 is 0 Å². The predicted molar refractivity (Wildman–Crippen MR) is 455 cm³/mol. The average molecular weight is 1610 g/mol. The summed E-state index contributed by atoms with van der Waals surface area (Å²) < 4.78 is 69.0. The van der Waals surface area contributed by atoms with Gasteiger partial charge >= 0.3 is 39.5 Å². The summed E-state index contributed by atoms with van der Waals surface area (Å²) in [6.07, 6.45) is 73.7. The molecule has 0 spiro atoms. The molecule has 0 aliphatic carbocycles. The van der Waals surface area contributed by atoms with E-state index in [0.29, 0.717) is 25.7 Å². The molecular formula is C91H178O17P2. The maximum Gasteiger partial charge on any atom is 0.472 e. The average Bonchev–Trinajstić information content (AvgIpc) is 0.897. The predicted octanol–water partition coefficient (Wildman–Crippen LogP) is 28.0. The number of hydrogen-bond acceptors (Lipinski definition) is 15. The number of rotatable bonds is 89. The maximum absolute atomic E-state index is 13.2. The Bertz CT molecular complexity index is 2120. The summed E-state index contributed by atoms with van der Waals surface area (Å²) in [6, 6.07) is 0. The molecule has 0 aromatic heterocycles. The summed E-state index contributed by atoms with van der Waals surface area (Å²) in [5.41, 5.74) is 0. The molecule has 4 unspecified atom stereocenters. The Balaban J connectivity index is 5.17. The minimum atomic E-state index is -4.97. The van der Waals surface area contributed by atoms with E-state index in [1.165, 1.54) is 289 Å². The van der Waals surface area contributed by atoms with Crippen molar-refractivity contribution >= 4 is 39.5 Å². The van der Waals surface area contributed by atoms with Gasteiger partial charge in [-0.2, -0.15) is 0 Å². The van der Waals surface area contributed by atoms with E-state index in [1.807, 2.05) is 0 Å². The van der Waals surface area contributed by atoms with Crippen molar-refractivity contribution in [1.29, 1.82) is 0 Å². The number of aliphatic hydroxyl groups excluding tert-OH is 1. The van der Waals surface area contributed by atoms with Crippen molar-refractivity contribution in [2.75, 3.05) is 39.6 Å². The minimum absolute atomic E-state index is 0.108. The standard InChI is InChI=1S/C91H178O17P2/c1-8-11-12-13-14-51-58-65-72-88(93)101-78-86(107-90(95)74-68-61-54-47-41-35-29-23-24-30-36-42-48-55-62-69-82(4)5)80-105-109(97,98)103-76-85(92)77-104-110(99,100)106-81-87(108-91(96)75-67-60-53-46-40-34-28-22-18-16-20-26-32-38-44-50-57-64-71-84(7)10-3)79-102-89(94)73-66-59-52-45-39-33-27-21-17-15-19-25-31-37-43-49-56-63-70-83(6)9-2/h82-87,92H,8-81H2,1-7H3,(H,97,98)(H,99,100)/t83?,84?,85-,86+,87+/m0/s1. The second kappa shape index (κ2) is 80.8. The van der Waals surface area contributed by atoms with Gasteiger partial charge in [-0.05, 0) is 43.4 Å². The van der Waals surface area contributed by atoms with Crippen LogP contribution in [-0.2, 0) is 65.4 Å². The Hall–Kier alpha value is -1.94. The number of phosphoric ester groups is 2. The molecule has 17 nitrogen and oxygen atoms in total. The molecule has 0 rings (SSSR count). The molecule has 110 heavy (non-hydrogen) atoms. The van der Waals surface area contributed by atoms with Gasteiger partial charge in [0.2, 0.25) is 0 Å². The summed E-state index contributed by atoms with van der Waals surface area (Å²) in [7, 11) is -9.93. The monoisotopic (exact) mass is 1610 g/mol. The van der Waals surface area contributed by atoms with Crippen LogP contribution >= 0.6 is 15.6 Å². The quantitative estimate of drug-likeness (QED) is 0.0222. The molecule has 7 atom stereocenters. The molecule has 0 aromatic rings. The number of carbonyl (C=O) groups excluding carboxylic acids is 4. The van der Waals surface area contributed by atoms with Crippen molar-refractivity contribution in [1.82, 2.24) is 0 Å². The van der Waals surface area contributed by atoms with Crippen LogP contribution < -0.4 is 0 Å². The largest absolute Gasteiger partial charge is 0.472 e. The van der Waals surface area contributed by atoms with Crippen LogP contribution in [-0.4, -0.2) is 96.7 Å². The van der Waals surface area contributed by atoms with E-state index in [0.717, 1.165) is 114 Å². The van der Waals surface area contributed by atoms with E-state index in [2.05, 4.69) is 48.5 Å². The fourth-order valence-electron chi connectivity index (χ4n) is 14.2. The van der Waals surface area contributed by atoms with Crippen molar-refractivity contribution in [3.8, 4) is 0 Å². The molecule has 0 bridgehead atoms. The van der Waals surface area contributed by atoms with Crippen molar-refractivity contribution in [3.05, 3.63) is 0 Å². The number of unbranched alkanes of at least 4 members (excludes halogenated alkanes) is 55. The first kappa shape index (κ1) is 108. The van der Waals surface area contributed by atoms with Gasteiger partial charge in [0.25, 0.3) is 0 Å². The molecule has 0 aliphatic rings. The van der Waals surface area contributed by atoms with E-state index < -0.39 is 97.5 Å². The number of carbonyl (C=O) groups is 4. The summed E-state index contributed by atoms with van der Waals surface area (Å²) >= 11 is 0. The van der Waals surface area contributed by atoms with Gasteiger partial charge in [-0.25, -0.2) is 9.13 Å². The van der Waals surface area contributed by atoms with Crippen LogP contribution in [0.3, 0.4) is 0 Å². The number of aliphatic hydroxyl groups is 1. The van der Waals surface area contributed by atoms with Gasteiger partial charge in [0, 0.05) is 25.7 Å². The number of hydrogen-bond donors (Lipinski definition) is 3.